The van der Waals surface area contributed by atoms with Gasteiger partial charge >= 0.3 is 0 Å². The molecule has 3 nitrogen and oxygen atoms in total. The molecule has 74 heavy (non-hydrogen) atoms. The summed E-state index contributed by atoms with van der Waals surface area (Å²) >= 11 is 0. The molecule has 0 spiro atoms. The first-order valence-corrected chi connectivity index (χ1v) is 26.1. The minimum absolute atomic E-state index is 0.207. The number of para-hydroxylation sites is 1. The first-order valence-electron chi connectivity index (χ1n) is 26.1. The second kappa shape index (κ2) is 16.4. The zero-order chi connectivity index (χ0) is 49.1. The highest BCUT2D eigenvalue weighted by Gasteiger charge is 2.38. The van der Waals surface area contributed by atoms with Crippen molar-refractivity contribution in [2.45, 2.75) is 32.1 Å². The number of anilines is 3. The molecule has 2 aliphatic rings. The molecule has 0 unspecified atom stereocenters. The van der Waals surface area contributed by atoms with Gasteiger partial charge in [0, 0.05) is 49.7 Å². The molecule has 350 valence electrons. The summed E-state index contributed by atoms with van der Waals surface area (Å²) in [5.41, 5.74) is 20.6. The molecule has 2 heterocycles. The van der Waals surface area contributed by atoms with E-state index in [4.69, 9.17) is 0 Å². The lowest BCUT2D eigenvalue weighted by molar-refractivity contribution is 0.661. The summed E-state index contributed by atoms with van der Waals surface area (Å²) in [4.78, 5) is 2.48. The van der Waals surface area contributed by atoms with E-state index >= 15 is 0 Å². The van der Waals surface area contributed by atoms with E-state index in [-0.39, 0.29) is 5.41 Å². The monoisotopic (exact) mass is 945 g/mol. The molecule has 0 fully saturated rings. The third-order valence-corrected chi connectivity index (χ3v) is 16.3. The summed E-state index contributed by atoms with van der Waals surface area (Å²) in [7, 11) is 0. The lowest BCUT2D eigenvalue weighted by atomic mass is 9.81. The molecule has 0 saturated carbocycles. The standard InChI is InChI=1S/C71H51N3/c1-71(2)62-26-14-13-24-58(62)59-25-15-27-67(70(59)71)72(54-36-28-46(29-37-54)50-34-40-63-60(44-50)68-56-22-11-9-16-48(56)32-42-65(68)73(63)52-18-5-3-6-19-52)55-38-30-47(31-39-55)51-35-41-64-61(45-51)69-57-23-12-10-17-49(57)33-43-66(69)74(64)53-20-7-4-8-21-53/h3,5-7,9-45H,4,8H2,1-2H3. The zero-order valence-corrected chi connectivity index (χ0v) is 41.4. The minimum atomic E-state index is -0.207. The number of rotatable bonds is 7. The number of fused-ring (bicyclic) bond motifs is 13. The topological polar surface area (TPSA) is 13.1 Å². The van der Waals surface area contributed by atoms with Gasteiger partial charge in [0.2, 0.25) is 0 Å². The van der Waals surface area contributed by atoms with Gasteiger partial charge in [0.25, 0.3) is 0 Å². The number of benzene rings is 11. The van der Waals surface area contributed by atoms with Crippen LogP contribution in [0.4, 0.5) is 17.1 Å². The quantitative estimate of drug-likeness (QED) is 0.155. The van der Waals surface area contributed by atoms with Crippen molar-refractivity contribution in [3.05, 3.63) is 260 Å². The summed E-state index contributed by atoms with van der Waals surface area (Å²) in [5.74, 6) is 0. The van der Waals surface area contributed by atoms with E-state index in [1.165, 1.54) is 121 Å². The van der Waals surface area contributed by atoms with Crippen LogP contribution < -0.4 is 4.90 Å². The fourth-order valence-electron chi connectivity index (χ4n) is 12.9. The van der Waals surface area contributed by atoms with E-state index in [9.17, 15) is 0 Å². The molecule has 2 aromatic heterocycles. The first-order chi connectivity index (χ1) is 36.5. The highest BCUT2D eigenvalue weighted by molar-refractivity contribution is 6.23. The van der Waals surface area contributed by atoms with Crippen LogP contribution in [0.1, 0.15) is 37.8 Å². The second-order valence-corrected chi connectivity index (χ2v) is 20.7. The Bertz CT molecular complexity index is 4490. The smallest absolute Gasteiger partial charge is 0.0547 e. The van der Waals surface area contributed by atoms with Gasteiger partial charge in [-0.25, -0.2) is 0 Å². The Labute approximate surface area is 430 Å². The normalized spacial score (nSPS) is 13.8. The van der Waals surface area contributed by atoms with Crippen molar-refractivity contribution in [1.29, 1.82) is 0 Å². The van der Waals surface area contributed by atoms with Gasteiger partial charge in [-0.15, -0.1) is 0 Å². The van der Waals surface area contributed by atoms with E-state index in [2.05, 4.69) is 277 Å². The van der Waals surface area contributed by atoms with Crippen LogP contribution in [0.2, 0.25) is 0 Å². The molecule has 13 aromatic rings. The molecular formula is C71H51N3. The van der Waals surface area contributed by atoms with Crippen molar-refractivity contribution < 1.29 is 0 Å². The molecule has 0 N–H and O–H groups in total. The lowest BCUT2D eigenvalue weighted by Gasteiger charge is -2.32. The molecule has 11 aromatic carbocycles. The Balaban J connectivity index is 0.864. The van der Waals surface area contributed by atoms with Crippen LogP contribution >= 0.6 is 0 Å². The molecule has 0 atom stereocenters. The van der Waals surface area contributed by atoms with Crippen molar-refractivity contribution in [3.8, 4) is 39.1 Å². The van der Waals surface area contributed by atoms with E-state index in [0.29, 0.717) is 0 Å². The van der Waals surface area contributed by atoms with Gasteiger partial charge in [0.1, 0.15) is 0 Å². The average Bonchev–Trinajstić information content (AvgIpc) is 4.08. The van der Waals surface area contributed by atoms with Crippen LogP contribution in [0.3, 0.4) is 0 Å². The van der Waals surface area contributed by atoms with Crippen LogP contribution in [-0.4, -0.2) is 9.13 Å². The van der Waals surface area contributed by atoms with Crippen LogP contribution in [0, 0.1) is 0 Å². The summed E-state index contributed by atoms with van der Waals surface area (Å²) in [6.45, 7) is 4.77. The molecule has 0 radical (unpaired) electrons. The van der Waals surface area contributed by atoms with Gasteiger partial charge in [-0.1, -0.05) is 178 Å². The Morgan fingerprint density at radius 3 is 1.55 bits per heavy atom. The fourth-order valence-corrected chi connectivity index (χ4v) is 12.9. The summed E-state index contributed by atoms with van der Waals surface area (Å²) in [6.07, 6.45) is 9.12. The largest absolute Gasteiger partial charge is 0.310 e. The van der Waals surface area contributed by atoms with Gasteiger partial charge in [0.15, 0.2) is 0 Å². The molecular weight excluding hydrogens is 895 g/mol. The highest BCUT2D eigenvalue weighted by atomic mass is 15.1. The summed E-state index contributed by atoms with van der Waals surface area (Å²) in [5, 5.41) is 10.2. The fraction of sp³-hybridized carbons (Fsp3) is 0.0704. The Morgan fingerprint density at radius 1 is 0.405 bits per heavy atom. The van der Waals surface area contributed by atoms with Crippen LogP contribution in [0.15, 0.2) is 249 Å². The molecule has 2 aliphatic carbocycles. The maximum Gasteiger partial charge on any atom is 0.0547 e. The first kappa shape index (κ1) is 42.5. The third kappa shape index (κ3) is 6.39. The predicted octanol–water partition coefficient (Wildman–Crippen LogP) is 19.5. The highest BCUT2D eigenvalue weighted by Crippen LogP contribution is 2.54. The Hall–Kier alpha value is -9.18. The maximum absolute atomic E-state index is 2.48. The SMILES string of the molecule is CC1(C)c2ccccc2-c2cccc(N(c3ccc(-c4ccc5c(c4)c4c6ccccc6ccc4n5C4=CCCC=C4)cc3)c3ccc(-c4ccc5c(c4)c4c6ccccc6ccc4n5-c4ccccc4)cc3)c21. The van der Waals surface area contributed by atoms with Crippen molar-refractivity contribution in [1.82, 2.24) is 9.13 Å². The van der Waals surface area contributed by atoms with E-state index in [1.54, 1.807) is 0 Å². The number of allylic oxidation sites excluding steroid dienone is 4. The maximum atomic E-state index is 2.48. The van der Waals surface area contributed by atoms with Crippen molar-refractivity contribution in [3.63, 3.8) is 0 Å². The Kier molecular flexibility index (Phi) is 9.43. The number of hydrogen-bond donors (Lipinski definition) is 0. The molecule has 0 saturated heterocycles. The number of nitrogens with zero attached hydrogens (tertiary/aromatic N) is 3. The molecule has 0 aliphatic heterocycles. The molecule has 15 rings (SSSR count). The predicted molar refractivity (Wildman–Crippen MR) is 315 cm³/mol. The van der Waals surface area contributed by atoms with Crippen molar-refractivity contribution in [2.24, 2.45) is 0 Å². The van der Waals surface area contributed by atoms with Crippen LogP contribution in [-0.2, 0) is 5.41 Å². The van der Waals surface area contributed by atoms with Gasteiger partial charge < -0.3 is 14.0 Å². The molecule has 3 heteroatoms. The van der Waals surface area contributed by atoms with Gasteiger partial charge in [-0.3, -0.25) is 0 Å². The minimum Gasteiger partial charge on any atom is -0.310 e. The van der Waals surface area contributed by atoms with E-state index in [1.807, 2.05) is 0 Å². The second-order valence-electron chi connectivity index (χ2n) is 20.7. The van der Waals surface area contributed by atoms with Crippen LogP contribution in [0.5, 0.6) is 0 Å². The van der Waals surface area contributed by atoms with Crippen LogP contribution in [0.25, 0.3) is 110 Å². The number of aromatic nitrogens is 2. The van der Waals surface area contributed by atoms with Crippen molar-refractivity contribution in [2.75, 3.05) is 4.90 Å². The summed E-state index contributed by atoms with van der Waals surface area (Å²) in [6, 6.07) is 85.9. The summed E-state index contributed by atoms with van der Waals surface area (Å²) < 4.78 is 4.88. The number of hydrogen-bond acceptors (Lipinski definition) is 1. The van der Waals surface area contributed by atoms with Gasteiger partial charge in [-0.2, -0.15) is 0 Å². The molecule has 0 amide bonds. The average molecular weight is 946 g/mol. The zero-order valence-electron chi connectivity index (χ0n) is 41.4. The molecule has 0 bridgehead atoms. The van der Waals surface area contributed by atoms with Gasteiger partial charge in [-0.05, 0) is 164 Å². The third-order valence-electron chi connectivity index (χ3n) is 16.3. The Morgan fingerprint density at radius 2 is 0.932 bits per heavy atom. The van der Waals surface area contributed by atoms with E-state index in [0.717, 1.165) is 29.9 Å². The lowest BCUT2D eigenvalue weighted by Crippen LogP contribution is -2.20. The van der Waals surface area contributed by atoms with Gasteiger partial charge in [0.05, 0.1) is 27.8 Å². The van der Waals surface area contributed by atoms with E-state index < -0.39 is 0 Å². The van der Waals surface area contributed by atoms with Crippen molar-refractivity contribution >= 4 is 87.9 Å².